The van der Waals surface area contributed by atoms with Crippen molar-refractivity contribution >= 4 is 51.4 Å². The van der Waals surface area contributed by atoms with Crippen LogP contribution in [0.1, 0.15) is 30.5 Å². The van der Waals surface area contributed by atoms with Gasteiger partial charge in [0, 0.05) is 60.0 Å². The van der Waals surface area contributed by atoms with Gasteiger partial charge in [-0.05, 0) is 55.4 Å². The molecular weight excluding hydrogens is 663 g/mol. The number of benzene rings is 2. The van der Waals surface area contributed by atoms with E-state index in [1.165, 1.54) is 10.2 Å². The molecule has 5 aromatic rings. The second-order valence-corrected chi connectivity index (χ2v) is 13.6. The largest absolute Gasteiger partial charge is 0.481 e. The molecule has 0 amide bonds. The fraction of sp³-hybridized carbons (Fsp3) is 0.324. The van der Waals surface area contributed by atoms with Crippen LogP contribution in [-0.4, -0.2) is 57.4 Å². The van der Waals surface area contributed by atoms with Crippen molar-refractivity contribution in [2.75, 3.05) is 32.1 Å². The molecule has 2 fully saturated rings. The van der Waals surface area contributed by atoms with Crippen molar-refractivity contribution < 1.29 is 14.3 Å². The van der Waals surface area contributed by atoms with E-state index in [-0.39, 0.29) is 23.5 Å². The fourth-order valence-corrected chi connectivity index (χ4v) is 8.41. The number of hydrogen-bond acceptors (Lipinski definition) is 9. The summed E-state index contributed by atoms with van der Waals surface area (Å²) >= 11 is 14.2. The van der Waals surface area contributed by atoms with Crippen LogP contribution in [0.5, 0.6) is 5.88 Å². The fourth-order valence-electron chi connectivity index (χ4n) is 7.81. The highest BCUT2D eigenvalue weighted by molar-refractivity contribution is 6.39. The Morgan fingerprint density at radius 1 is 1.04 bits per heavy atom. The number of hydrogen-bond donors (Lipinski definition) is 1. The summed E-state index contributed by atoms with van der Waals surface area (Å²) in [7, 11) is 3.26. The Bertz CT molecular complexity index is 2190. The summed E-state index contributed by atoms with van der Waals surface area (Å²) < 4.78 is 12.5. The van der Waals surface area contributed by atoms with Gasteiger partial charge in [0.2, 0.25) is 5.88 Å². The Balaban J connectivity index is 1.09. The molecule has 10 nitrogen and oxygen atoms in total. The average molecular weight is 698 g/mol. The van der Waals surface area contributed by atoms with Crippen molar-refractivity contribution in [1.82, 2.24) is 24.6 Å². The minimum Gasteiger partial charge on any atom is -0.481 e. The summed E-state index contributed by atoms with van der Waals surface area (Å²) in [4.78, 5) is 37.2. The first-order valence-electron chi connectivity index (χ1n) is 16.4. The van der Waals surface area contributed by atoms with Gasteiger partial charge in [0.25, 0.3) is 5.56 Å². The molecule has 12 heteroatoms. The van der Waals surface area contributed by atoms with Crippen LogP contribution in [0.2, 0.25) is 10.0 Å². The van der Waals surface area contributed by atoms with E-state index in [1.807, 2.05) is 43.3 Å². The van der Waals surface area contributed by atoms with Crippen LogP contribution >= 0.6 is 23.2 Å². The monoisotopic (exact) mass is 696 g/mol. The van der Waals surface area contributed by atoms with Crippen molar-refractivity contribution in [3.05, 3.63) is 92.5 Å². The van der Waals surface area contributed by atoms with Crippen molar-refractivity contribution in [2.45, 2.75) is 25.8 Å². The Morgan fingerprint density at radius 3 is 2.53 bits per heavy atom. The summed E-state index contributed by atoms with van der Waals surface area (Å²) in [5.74, 6) is 1.72. The number of methoxy groups -OCH3 is 1. The molecule has 2 aliphatic carbocycles. The molecule has 0 spiro atoms. The standard InChI is InChI=1S/C37H34Cl2N6O4/c1-4-49-37(47)31-24-17-45(18-25(24)31)28-12-11-19-15-27(43-35(48-3)29(19)28)23-9-5-7-21(32(23)38)22-8-6-10-26(33(22)39)42-34-30-20(13-14-40-34)16-41-44(2)36(30)46/h5-10,13-16,24-25,28,31H,4,11-12,17-18H2,1-3H3,(H,40,42)/t24-,25+,28-,31?/m0/s1. The summed E-state index contributed by atoms with van der Waals surface area (Å²) in [6.45, 7) is 4.05. The van der Waals surface area contributed by atoms with Gasteiger partial charge in [0.15, 0.2) is 0 Å². The zero-order valence-electron chi connectivity index (χ0n) is 27.2. The number of nitrogens with zero attached hydrogens (tertiary/aromatic N) is 5. The highest BCUT2D eigenvalue weighted by Gasteiger charge is 2.61. The maximum absolute atomic E-state index is 12.9. The van der Waals surface area contributed by atoms with Crippen LogP contribution in [0.3, 0.4) is 0 Å². The maximum Gasteiger partial charge on any atom is 0.309 e. The second kappa shape index (κ2) is 12.4. The summed E-state index contributed by atoms with van der Waals surface area (Å²) in [5, 5.41) is 9.42. The Kier molecular flexibility index (Phi) is 8.05. The van der Waals surface area contributed by atoms with Crippen LogP contribution in [-0.2, 0) is 23.0 Å². The van der Waals surface area contributed by atoms with Gasteiger partial charge in [-0.15, -0.1) is 0 Å². The average Bonchev–Trinajstić information content (AvgIpc) is 3.38. The number of aromatic nitrogens is 4. The van der Waals surface area contributed by atoms with Gasteiger partial charge >= 0.3 is 5.97 Å². The third kappa shape index (κ3) is 5.33. The number of halogens is 2. The van der Waals surface area contributed by atoms with Crippen molar-refractivity contribution in [2.24, 2.45) is 24.8 Å². The maximum atomic E-state index is 12.9. The van der Waals surface area contributed by atoms with E-state index in [0.717, 1.165) is 53.9 Å². The quantitative estimate of drug-likeness (QED) is 0.174. The number of pyridine rings is 2. The Labute approximate surface area is 293 Å². The molecule has 1 unspecified atom stereocenters. The highest BCUT2D eigenvalue weighted by Crippen LogP contribution is 2.56. The number of rotatable bonds is 8. The van der Waals surface area contributed by atoms with E-state index in [4.69, 9.17) is 37.7 Å². The number of anilines is 2. The van der Waals surface area contributed by atoms with E-state index >= 15 is 0 Å². The van der Waals surface area contributed by atoms with Crippen LogP contribution in [0.4, 0.5) is 11.5 Å². The minimum atomic E-state index is -0.264. The molecule has 49 heavy (non-hydrogen) atoms. The predicted molar refractivity (Wildman–Crippen MR) is 189 cm³/mol. The number of nitrogens with one attached hydrogen (secondary N) is 1. The van der Waals surface area contributed by atoms with E-state index in [2.05, 4.69) is 26.4 Å². The van der Waals surface area contributed by atoms with E-state index in [1.54, 1.807) is 32.6 Å². The number of carbonyl (C=O) groups is 1. The summed E-state index contributed by atoms with van der Waals surface area (Å²) in [5.41, 5.74) is 5.59. The molecule has 4 atom stereocenters. The number of esters is 1. The van der Waals surface area contributed by atoms with E-state index in [0.29, 0.717) is 56.6 Å². The van der Waals surface area contributed by atoms with Gasteiger partial charge in [0.1, 0.15) is 5.82 Å². The lowest BCUT2D eigenvalue weighted by Gasteiger charge is -2.28. The number of piperidine rings is 1. The number of carbonyl (C=O) groups excluding carboxylic acids is 1. The molecule has 1 N–H and O–H groups in total. The highest BCUT2D eigenvalue weighted by atomic mass is 35.5. The van der Waals surface area contributed by atoms with Gasteiger partial charge in [-0.3, -0.25) is 14.5 Å². The van der Waals surface area contributed by atoms with Crippen LogP contribution in [0, 0.1) is 17.8 Å². The zero-order valence-corrected chi connectivity index (χ0v) is 28.8. The van der Waals surface area contributed by atoms with Crippen molar-refractivity contribution in [3.8, 4) is 28.3 Å². The zero-order chi connectivity index (χ0) is 34.0. The van der Waals surface area contributed by atoms with E-state index < -0.39 is 0 Å². The molecule has 1 saturated carbocycles. The molecule has 250 valence electrons. The molecule has 0 radical (unpaired) electrons. The lowest BCUT2D eigenvalue weighted by Crippen LogP contribution is -2.30. The van der Waals surface area contributed by atoms with Gasteiger partial charge in [-0.25, -0.2) is 14.6 Å². The van der Waals surface area contributed by atoms with Gasteiger partial charge in [-0.1, -0.05) is 53.5 Å². The first kappa shape index (κ1) is 31.7. The molecular formula is C37H34Cl2N6O4. The number of fused-ring (bicyclic) bond motifs is 3. The lowest BCUT2D eigenvalue weighted by molar-refractivity contribution is -0.145. The lowest BCUT2D eigenvalue weighted by atomic mass is 9.99. The van der Waals surface area contributed by atoms with Crippen LogP contribution < -0.4 is 15.6 Å². The predicted octanol–water partition coefficient (Wildman–Crippen LogP) is 6.84. The van der Waals surface area contributed by atoms with Gasteiger partial charge in [-0.2, -0.15) is 5.10 Å². The molecule has 1 aliphatic heterocycles. The molecule has 3 aromatic heterocycles. The summed E-state index contributed by atoms with van der Waals surface area (Å²) in [6, 6.07) is 15.5. The smallest absolute Gasteiger partial charge is 0.309 e. The Morgan fingerprint density at radius 2 is 1.78 bits per heavy atom. The topological polar surface area (TPSA) is 111 Å². The number of ether oxygens (including phenoxy) is 2. The third-order valence-corrected chi connectivity index (χ3v) is 11.0. The molecule has 3 aliphatic rings. The first-order chi connectivity index (χ1) is 23.8. The number of likely N-dealkylation sites (tertiary alicyclic amines) is 1. The molecule has 8 rings (SSSR count). The van der Waals surface area contributed by atoms with Crippen LogP contribution in [0.25, 0.3) is 33.2 Å². The van der Waals surface area contributed by atoms with E-state index in [9.17, 15) is 9.59 Å². The number of aryl methyl sites for hydroxylation is 2. The van der Waals surface area contributed by atoms with Crippen molar-refractivity contribution in [3.63, 3.8) is 0 Å². The SMILES string of the molecule is CCOC(=O)C1[C@H]2CN([C@H]3CCc4cc(-c5cccc(-c6cccc(Nc7nccc8cnn(C)c(=O)c78)c6Cl)c5Cl)nc(OC)c43)C[C@@H]12. The van der Waals surface area contributed by atoms with Gasteiger partial charge in [0.05, 0.1) is 52.6 Å². The molecule has 4 heterocycles. The molecule has 1 saturated heterocycles. The normalized spacial score (nSPS) is 21.0. The minimum absolute atomic E-state index is 0.0420. The Hall–Kier alpha value is -4.51. The molecule has 0 bridgehead atoms. The molecule has 2 aromatic carbocycles. The van der Waals surface area contributed by atoms with Crippen LogP contribution in [0.15, 0.2) is 65.7 Å². The first-order valence-corrected chi connectivity index (χ1v) is 17.2. The second-order valence-electron chi connectivity index (χ2n) is 12.9. The summed E-state index contributed by atoms with van der Waals surface area (Å²) in [6.07, 6.45) is 5.13. The van der Waals surface area contributed by atoms with Gasteiger partial charge < -0.3 is 14.8 Å². The third-order valence-electron chi connectivity index (χ3n) is 10.2. The van der Waals surface area contributed by atoms with Crippen molar-refractivity contribution in [1.29, 1.82) is 0 Å².